The number of nitrogens with one attached hydrogen (secondary N) is 1. The van der Waals surface area contributed by atoms with Crippen molar-refractivity contribution in [3.8, 4) is 11.3 Å². The maximum atomic E-state index is 12.4. The highest BCUT2D eigenvalue weighted by Crippen LogP contribution is 2.24. The number of carbonyl (C=O) groups is 1. The summed E-state index contributed by atoms with van der Waals surface area (Å²) in [5, 5.41) is 3.14. The highest BCUT2D eigenvalue weighted by molar-refractivity contribution is 5.94. The lowest BCUT2D eigenvalue weighted by Gasteiger charge is -2.27. The van der Waals surface area contributed by atoms with E-state index in [-0.39, 0.29) is 5.91 Å². The molecule has 1 amide bonds. The molecule has 26 heavy (non-hydrogen) atoms. The molecule has 1 N–H and O–H groups in total. The van der Waals surface area contributed by atoms with Crippen LogP contribution in [0.3, 0.4) is 0 Å². The Morgan fingerprint density at radius 2 is 1.69 bits per heavy atom. The summed E-state index contributed by atoms with van der Waals surface area (Å²) in [6, 6.07) is 10.1. The lowest BCUT2D eigenvalue weighted by atomic mass is 10.1. The third kappa shape index (κ3) is 3.87. The number of amides is 1. The number of nitrogens with zero attached hydrogens (tertiary/aromatic N) is 3. The molecule has 2 aliphatic rings. The van der Waals surface area contributed by atoms with Gasteiger partial charge in [-0.25, -0.2) is 9.97 Å². The summed E-state index contributed by atoms with van der Waals surface area (Å²) in [5.41, 5.74) is 2.64. The molecule has 1 aromatic heterocycles. The van der Waals surface area contributed by atoms with Gasteiger partial charge in [0.1, 0.15) is 12.1 Å². The predicted molar refractivity (Wildman–Crippen MR) is 103 cm³/mol. The Labute approximate surface area is 154 Å². The second-order valence-electron chi connectivity index (χ2n) is 7.34. The lowest BCUT2D eigenvalue weighted by molar-refractivity contribution is 0.0938. The summed E-state index contributed by atoms with van der Waals surface area (Å²) in [7, 11) is 0. The number of piperidine rings is 1. The van der Waals surface area contributed by atoms with Gasteiger partial charge in [-0.3, -0.25) is 4.79 Å². The molecule has 1 aliphatic heterocycles. The highest BCUT2D eigenvalue weighted by atomic mass is 16.1. The van der Waals surface area contributed by atoms with E-state index < -0.39 is 0 Å². The van der Waals surface area contributed by atoms with Crippen LogP contribution in [0.2, 0.25) is 0 Å². The first-order valence-corrected chi connectivity index (χ1v) is 9.78. The minimum atomic E-state index is 0.0279. The largest absolute Gasteiger partial charge is 0.357 e. The van der Waals surface area contributed by atoms with E-state index in [1.54, 1.807) is 6.33 Å². The van der Waals surface area contributed by atoms with Crippen molar-refractivity contribution in [2.45, 2.75) is 51.0 Å². The van der Waals surface area contributed by atoms with Crippen molar-refractivity contribution in [3.05, 3.63) is 42.2 Å². The molecule has 1 aromatic carbocycles. The van der Waals surface area contributed by atoms with Gasteiger partial charge in [0.05, 0.1) is 5.69 Å². The Hall–Kier alpha value is -2.43. The van der Waals surface area contributed by atoms with Crippen LogP contribution in [-0.4, -0.2) is 35.0 Å². The molecule has 1 aliphatic carbocycles. The van der Waals surface area contributed by atoms with Gasteiger partial charge >= 0.3 is 0 Å². The minimum Gasteiger partial charge on any atom is -0.357 e. The van der Waals surface area contributed by atoms with Gasteiger partial charge in [-0.2, -0.15) is 0 Å². The van der Waals surface area contributed by atoms with Crippen LogP contribution in [0.4, 0.5) is 5.82 Å². The Bertz CT molecular complexity index is 747. The van der Waals surface area contributed by atoms with Crippen LogP contribution in [0.15, 0.2) is 36.7 Å². The molecular weight excluding hydrogens is 324 g/mol. The number of carbonyl (C=O) groups excluding carboxylic acids is 1. The van der Waals surface area contributed by atoms with Crippen LogP contribution in [0.5, 0.6) is 0 Å². The van der Waals surface area contributed by atoms with E-state index in [1.807, 2.05) is 24.3 Å². The van der Waals surface area contributed by atoms with E-state index in [0.29, 0.717) is 11.6 Å². The second kappa shape index (κ2) is 7.85. The van der Waals surface area contributed by atoms with Crippen LogP contribution < -0.4 is 10.2 Å². The molecule has 2 fully saturated rings. The molecule has 0 spiro atoms. The van der Waals surface area contributed by atoms with Crippen LogP contribution in [0.1, 0.15) is 55.3 Å². The van der Waals surface area contributed by atoms with Crippen LogP contribution in [-0.2, 0) is 0 Å². The maximum Gasteiger partial charge on any atom is 0.251 e. The van der Waals surface area contributed by atoms with Gasteiger partial charge in [0.25, 0.3) is 5.91 Å². The molecule has 136 valence electrons. The first-order chi connectivity index (χ1) is 12.8. The minimum absolute atomic E-state index is 0.0279. The zero-order valence-electron chi connectivity index (χ0n) is 15.2. The fourth-order valence-corrected chi connectivity index (χ4v) is 3.93. The van der Waals surface area contributed by atoms with Crippen molar-refractivity contribution in [2.24, 2.45) is 0 Å². The topological polar surface area (TPSA) is 58.1 Å². The number of benzene rings is 1. The first kappa shape index (κ1) is 17.0. The Morgan fingerprint density at radius 1 is 0.962 bits per heavy atom. The molecule has 5 nitrogen and oxygen atoms in total. The normalized spacial score (nSPS) is 18.1. The van der Waals surface area contributed by atoms with E-state index in [9.17, 15) is 4.79 Å². The number of anilines is 1. The Kier molecular flexibility index (Phi) is 5.14. The molecule has 1 saturated carbocycles. The fraction of sp³-hybridized carbons (Fsp3) is 0.476. The van der Waals surface area contributed by atoms with Gasteiger partial charge in [0, 0.05) is 36.3 Å². The predicted octanol–water partition coefficient (Wildman–Crippen LogP) is 3.81. The summed E-state index contributed by atoms with van der Waals surface area (Å²) < 4.78 is 0. The van der Waals surface area contributed by atoms with Gasteiger partial charge in [-0.15, -0.1) is 0 Å². The second-order valence-corrected chi connectivity index (χ2v) is 7.34. The molecule has 1 saturated heterocycles. The number of hydrogen-bond donors (Lipinski definition) is 1. The molecule has 0 unspecified atom stereocenters. The molecule has 0 radical (unpaired) electrons. The van der Waals surface area contributed by atoms with E-state index >= 15 is 0 Å². The standard InChI is InChI=1S/C21H26N4O/c26-21(24-18-6-2-3-7-18)17-10-8-16(9-11-17)19-14-20(23-15-22-19)25-12-4-1-5-13-25/h8-11,14-15,18H,1-7,12-13H2,(H,24,26). The monoisotopic (exact) mass is 350 g/mol. The van der Waals surface area contributed by atoms with Crippen molar-refractivity contribution in [2.75, 3.05) is 18.0 Å². The van der Waals surface area contributed by atoms with Crippen molar-refractivity contribution in [3.63, 3.8) is 0 Å². The van der Waals surface area contributed by atoms with Crippen molar-refractivity contribution < 1.29 is 4.79 Å². The highest BCUT2D eigenvalue weighted by Gasteiger charge is 2.18. The first-order valence-electron chi connectivity index (χ1n) is 9.78. The summed E-state index contributed by atoms with van der Waals surface area (Å²) in [6.07, 6.45) is 10.0. The summed E-state index contributed by atoms with van der Waals surface area (Å²) >= 11 is 0. The van der Waals surface area contributed by atoms with Crippen molar-refractivity contribution >= 4 is 11.7 Å². The SMILES string of the molecule is O=C(NC1CCCC1)c1ccc(-c2cc(N3CCCCC3)ncn2)cc1. The van der Waals surface area contributed by atoms with Crippen LogP contribution in [0, 0.1) is 0 Å². The van der Waals surface area contributed by atoms with Crippen molar-refractivity contribution in [1.29, 1.82) is 0 Å². The summed E-state index contributed by atoms with van der Waals surface area (Å²) in [4.78, 5) is 23.6. The summed E-state index contributed by atoms with van der Waals surface area (Å²) in [6.45, 7) is 2.13. The number of aromatic nitrogens is 2. The molecule has 4 rings (SSSR count). The third-order valence-electron chi connectivity index (χ3n) is 5.47. The zero-order chi connectivity index (χ0) is 17.8. The average molecular weight is 350 g/mol. The lowest BCUT2D eigenvalue weighted by Crippen LogP contribution is -2.32. The van der Waals surface area contributed by atoms with E-state index in [1.165, 1.54) is 32.1 Å². The summed E-state index contributed by atoms with van der Waals surface area (Å²) in [5.74, 6) is 1.03. The number of rotatable bonds is 4. The van der Waals surface area contributed by atoms with Gasteiger partial charge in [0.15, 0.2) is 0 Å². The van der Waals surface area contributed by atoms with Crippen LogP contribution in [0.25, 0.3) is 11.3 Å². The smallest absolute Gasteiger partial charge is 0.251 e. The maximum absolute atomic E-state index is 12.4. The van der Waals surface area contributed by atoms with Crippen molar-refractivity contribution in [1.82, 2.24) is 15.3 Å². The number of hydrogen-bond acceptors (Lipinski definition) is 4. The molecule has 0 bridgehead atoms. The Morgan fingerprint density at radius 3 is 2.42 bits per heavy atom. The average Bonchev–Trinajstić information content (AvgIpc) is 3.22. The third-order valence-corrected chi connectivity index (χ3v) is 5.47. The molecule has 5 heteroatoms. The quantitative estimate of drug-likeness (QED) is 0.911. The molecule has 2 heterocycles. The molecule has 2 aromatic rings. The van der Waals surface area contributed by atoms with E-state index in [2.05, 4.69) is 26.3 Å². The van der Waals surface area contributed by atoms with Gasteiger partial charge in [-0.1, -0.05) is 25.0 Å². The molecule has 0 atom stereocenters. The van der Waals surface area contributed by atoms with Gasteiger partial charge in [0.2, 0.25) is 0 Å². The zero-order valence-corrected chi connectivity index (χ0v) is 15.2. The Balaban J connectivity index is 1.47. The van der Waals surface area contributed by atoms with Gasteiger partial charge < -0.3 is 10.2 Å². The van der Waals surface area contributed by atoms with E-state index in [4.69, 9.17) is 0 Å². The van der Waals surface area contributed by atoms with E-state index in [0.717, 1.165) is 43.0 Å². The fourth-order valence-electron chi connectivity index (χ4n) is 3.93. The molecular formula is C21H26N4O. The van der Waals surface area contributed by atoms with Gasteiger partial charge in [-0.05, 0) is 44.2 Å². The van der Waals surface area contributed by atoms with Crippen LogP contribution >= 0.6 is 0 Å².